The van der Waals surface area contributed by atoms with Gasteiger partial charge >= 0.3 is 0 Å². The van der Waals surface area contributed by atoms with Crippen molar-refractivity contribution in [2.24, 2.45) is 0 Å². The van der Waals surface area contributed by atoms with E-state index < -0.39 is 0 Å². The van der Waals surface area contributed by atoms with Crippen LogP contribution >= 0.6 is 11.6 Å². The van der Waals surface area contributed by atoms with Crippen LogP contribution in [0.3, 0.4) is 0 Å². The zero-order chi connectivity index (χ0) is 26.8. The number of likely N-dealkylation sites (tertiary alicyclic amines) is 1. The van der Waals surface area contributed by atoms with Crippen molar-refractivity contribution in [3.8, 4) is 16.9 Å². The van der Waals surface area contributed by atoms with Crippen molar-refractivity contribution >= 4 is 51.4 Å². The molecular formula is C28H28ClN7O2. The molecule has 1 saturated heterocycles. The van der Waals surface area contributed by atoms with Crippen LogP contribution in [0.1, 0.15) is 0 Å². The second kappa shape index (κ2) is 10.6. The van der Waals surface area contributed by atoms with E-state index in [1.54, 1.807) is 25.7 Å². The number of nitrogens with one attached hydrogen (secondary N) is 2. The topological polar surface area (TPSA) is 95.5 Å². The largest absolute Gasteiger partial charge is 0.494 e. The summed E-state index contributed by atoms with van der Waals surface area (Å²) in [5.41, 5.74) is 4.57. The van der Waals surface area contributed by atoms with Crippen molar-refractivity contribution in [1.82, 2.24) is 19.9 Å². The predicted molar refractivity (Wildman–Crippen MR) is 153 cm³/mol. The first-order valence-corrected chi connectivity index (χ1v) is 12.4. The lowest BCUT2D eigenvalue weighted by Crippen LogP contribution is -2.56. The Morgan fingerprint density at radius 1 is 1.21 bits per heavy atom. The minimum Gasteiger partial charge on any atom is -0.494 e. The maximum atomic E-state index is 12.3. The Kier molecular flexibility index (Phi) is 7.13. The quantitative estimate of drug-likeness (QED) is 0.309. The van der Waals surface area contributed by atoms with Crippen LogP contribution in [0.5, 0.6) is 5.75 Å². The number of ether oxygens (including phenoxy) is 1. The Morgan fingerprint density at radius 2 is 2.03 bits per heavy atom. The fourth-order valence-corrected chi connectivity index (χ4v) is 4.72. The summed E-state index contributed by atoms with van der Waals surface area (Å²) in [6, 6.07) is 11.8. The number of likely N-dealkylation sites (N-methyl/N-ethyl adjacent to an activating group) is 2. The fraction of sp³-hybridized carbons (Fsp3) is 0.214. The number of carbonyl (C=O) groups excluding carboxylic acids is 1. The number of para-hydroxylation sites is 1. The van der Waals surface area contributed by atoms with Crippen molar-refractivity contribution < 1.29 is 9.53 Å². The van der Waals surface area contributed by atoms with E-state index in [1.165, 1.54) is 6.08 Å². The van der Waals surface area contributed by atoms with E-state index in [-0.39, 0.29) is 5.91 Å². The molecule has 2 N–H and O–H groups in total. The minimum atomic E-state index is -0.303. The van der Waals surface area contributed by atoms with Crippen LogP contribution < -0.4 is 20.3 Å². The van der Waals surface area contributed by atoms with Gasteiger partial charge in [0.1, 0.15) is 5.75 Å². The van der Waals surface area contributed by atoms with Crippen molar-refractivity contribution in [1.29, 1.82) is 0 Å². The fourth-order valence-electron chi connectivity index (χ4n) is 4.55. The van der Waals surface area contributed by atoms with Gasteiger partial charge in [0, 0.05) is 61.3 Å². The van der Waals surface area contributed by atoms with Crippen LogP contribution in [-0.4, -0.2) is 66.1 Å². The van der Waals surface area contributed by atoms with Crippen LogP contribution in [0, 0.1) is 0 Å². The second-order valence-corrected chi connectivity index (χ2v) is 9.64. The molecule has 194 valence electrons. The number of aromatic nitrogens is 3. The Morgan fingerprint density at radius 3 is 2.74 bits per heavy atom. The number of rotatable bonds is 8. The first kappa shape index (κ1) is 25.4. The standard InChI is InChI=1S/C28H28ClN7O2/c1-5-26(37)32-22-10-23(25(38-4)11-24(22)36(3)20-15-35(2)16-20)33-28-31-13-17-7-6-8-21(27(17)34-28)18-9-19(29)14-30-12-18/h5-14,20H,1,15-16H2,2-4H3,(H,32,37)(H,31,33,34). The SMILES string of the molecule is C=CC(=O)Nc1cc(Nc2ncc3cccc(-c4cncc(Cl)c4)c3n2)c(OC)cc1N(C)C1CN(C)C1. The van der Waals surface area contributed by atoms with E-state index in [0.29, 0.717) is 34.1 Å². The summed E-state index contributed by atoms with van der Waals surface area (Å²) >= 11 is 6.19. The summed E-state index contributed by atoms with van der Waals surface area (Å²) in [5.74, 6) is 0.663. The molecule has 1 fully saturated rings. The highest BCUT2D eigenvalue weighted by atomic mass is 35.5. The number of anilines is 4. The first-order valence-electron chi connectivity index (χ1n) is 12.1. The molecule has 1 aliphatic rings. The highest BCUT2D eigenvalue weighted by Crippen LogP contribution is 2.39. The number of benzene rings is 2. The lowest BCUT2D eigenvalue weighted by Gasteiger charge is -2.43. The Balaban J connectivity index is 1.54. The second-order valence-electron chi connectivity index (χ2n) is 9.20. The lowest BCUT2D eigenvalue weighted by atomic mass is 10.0. The summed E-state index contributed by atoms with van der Waals surface area (Å²) in [4.78, 5) is 30.2. The van der Waals surface area contributed by atoms with Crippen LogP contribution in [0.25, 0.3) is 22.0 Å². The molecule has 1 aliphatic heterocycles. The Bertz CT molecular complexity index is 1520. The number of nitrogens with zero attached hydrogens (tertiary/aromatic N) is 5. The monoisotopic (exact) mass is 529 g/mol. The first-order chi connectivity index (χ1) is 18.4. The Hall–Kier alpha value is -4.21. The van der Waals surface area contributed by atoms with Gasteiger partial charge in [0.05, 0.1) is 40.8 Å². The van der Waals surface area contributed by atoms with Crippen molar-refractivity contribution in [2.75, 3.05) is 49.8 Å². The number of hydrogen-bond donors (Lipinski definition) is 2. The smallest absolute Gasteiger partial charge is 0.247 e. The van der Waals surface area contributed by atoms with E-state index in [9.17, 15) is 4.79 Å². The molecular weight excluding hydrogens is 502 g/mol. The maximum absolute atomic E-state index is 12.3. The number of fused-ring (bicyclic) bond motifs is 1. The summed E-state index contributed by atoms with van der Waals surface area (Å²) in [6.07, 6.45) is 6.35. The van der Waals surface area contributed by atoms with Crippen LogP contribution in [0.15, 0.2) is 67.6 Å². The summed E-state index contributed by atoms with van der Waals surface area (Å²) in [7, 11) is 5.70. The molecule has 0 bridgehead atoms. The van der Waals surface area contributed by atoms with Crippen molar-refractivity contribution in [3.05, 3.63) is 72.7 Å². The number of pyridine rings is 1. The number of hydrogen-bond acceptors (Lipinski definition) is 8. The van der Waals surface area contributed by atoms with Gasteiger partial charge in [0.25, 0.3) is 0 Å². The van der Waals surface area contributed by atoms with Gasteiger partial charge in [-0.25, -0.2) is 9.97 Å². The number of carbonyl (C=O) groups is 1. The van der Waals surface area contributed by atoms with E-state index in [1.807, 2.05) is 43.4 Å². The van der Waals surface area contributed by atoms with Gasteiger partial charge in [-0.1, -0.05) is 36.4 Å². The van der Waals surface area contributed by atoms with Crippen LogP contribution in [0.4, 0.5) is 23.0 Å². The average molecular weight is 530 g/mol. The molecule has 0 saturated carbocycles. The molecule has 3 heterocycles. The summed E-state index contributed by atoms with van der Waals surface area (Å²) < 4.78 is 5.73. The molecule has 10 heteroatoms. The van der Waals surface area contributed by atoms with Crippen molar-refractivity contribution in [3.63, 3.8) is 0 Å². The van der Waals surface area contributed by atoms with Gasteiger partial charge < -0.3 is 25.2 Å². The highest BCUT2D eigenvalue weighted by molar-refractivity contribution is 6.30. The molecule has 1 amide bonds. The Labute approximate surface area is 226 Å². The van der Waals surface area contributed by atoms with Crippen molar-refractivity contribution in [2.45, 2.75) is 6.04 Å². The van der Waals surface area contributed by atoms with E-state index in [4.69, 9.17) is 21.3 Å². The molecule has 0 unspecified atom stereocenters. The van der Waals surface area contributed by atoms with Gasteiger partial charge in [-0.2, -0.15) is 0 Å². The zero-order valence-corrected chi connectivity index (χ0v) is 22.2. The third-order valence-electron chi connectivity index (χ3n) is 6.61. The van der Waals surface area contributed by atoms with E-state index >= 15 is 0 Å². The average Bonchev–Trinajstić information content (AvgIpc) is 2.90. The molecule has 0 aliphatic carbocycles. The highest BCUT2D eigenvalue weighted by Gasteiger charge is 2.29. The molecule has 2 aromatic carbocycles. The molecule has 9 nitrogen and oxygen atoms in total. The predicted octanol–water partition coefficient (Wildman–Crippen LogP) is 4.97. The van der Waals surface area contributed by atoms with Gasteiger partial charge in [0.2, 0.25) is 11.9 Å². The lowest BCUT2D eigenvalue weighted by molar-refractivity contribution is -0.111. The molecule has 4 aromatic rings. The van der Waals surface area contributed by atoms with Gasteiger partial charge in [0.15, 0.2) is 0 Å². The molecule has 0 atom stereocenters. The van der Waals surface area contributed by atoms with Gasteiger partial charge in [-0.05, 0) is 25.3 Å². The third-order valence-corrected chi connectivity index (χ3v) is 6.81. The van der Waals surface area contributed by atoms with E-state index in [2.05, 4.69) is 44.0 Å². The number of amides is 1. The maximum Gasteiger partial charge on any atom is 0.247 e. The zero-order valence-electron chi connectivity index (χ0n) is 21.4. The third kappa shape index (κ3) is 5.11. The minimum absolute atomic E-state index is 0.303. The van der Waals surface area contributed by atoms with Crippen LogP contribution in [0.2, 0.25) is 5.02 Å². The van der Waals surface area contributed by atoms with Gasteiger partial charge in [-0.3, -0.25) is 9.78 Å². The van der Waals surface area contributed by atoms with Crippen LogP contribution in [-0.2, 0) is 4.79 Å². The van der Waals surface area contributed by atoms with Gasteiger partial charge in [-0.15, -0.1) is 0 Å². The summed E-state index contributed by atoms with van der Waals surface area (Å²) in [6.45, 7) is 5.46. The molecule has 0 radical (unpaired) electrons. The summed E-state index contributed by atoms with van der Waals surface area (Å²) in [5, 5.41) is 7.63. The number of methoxy groups -OCH3 is 1. The molecule has 0 spiro atoms. The van der Waals surface area contributed by atoms with E-state index in [0.717, 1.165) is 40.8 Å². The normalized spacial score (nSPS) is 13.6. The number of halogens is 1. The molecule has 5 rings (SSSR count). The molecule has 38 heavy (non-hydrogen) atoms. The molecule has 2 aromatic heterocycles.